The predicted molar refractivity (Wildman–Crippen MR) is 152 cm³/mol. The van der Waals surface area contributed by atoms with Gasteiger partial charge >= 0.3 is 5.97 Å². The zero-order valence-electron chi connectivity index (χ0n) is 22.4. The van der Waals surface area contributed by atoms with E-state index in [1.807, 2.05) is 68.5 Å². The number of aryl methyl sites for hydroxylation is 1. The maximum absolute atomic E-state index is 14.1. The lowest BCUT2D eigenvalue weighted by atomic mass is 9.95. The van der Waals surface area contributed by atoms with Crippen molar-refractivity contribution in [2.45, 2.75) is 33.2 Å². The Hall–Kier alpha value is -3.95. The topological polar surface area (TPSA) is 94.9 Å². The molecule has 0 bridgehead atoms. The second-order valence-electron chi connectivity index (χ2n) is 9.31. The van der Waals surface area contributed by atoms with Gasteiger partial charge in [0.15, 0.2) is 4.80 Å². The standard InChI is InChI=1S/C30H31N3O5S/c1-5-14-37-24-13-9-7-11-21(24)27-26(29(35)38-16-15-36-4)19(3)32-30-33(27)28(34)25(39-30)17-22-18(2)31-23-12-8-6-10-20(22)23/h6-13,17,27,31H,5,14-16H2,1-4H3/b25-17+/t27-/m0/s1. The largest absolute Gasteiger partial charge is 0.493 e. The van der Waals surface area contributed by atoms with Crippen LogP contribution in [0.1, 0.15) is 43.1 Å². The number of fused-ring (bicyclic) bond motifs is 2. The third-order valence-corrected chi connectivity index (χ3v) is 7.64. The fourth-order valence-electron chi connectivity index (χ4n) is 4.84. The van der Waals surface area contributed by atoms with Gasteiger partial charge in [0.1, 0.15) is 18.4 Å². The molecule has 2 aromatic heterocycles. The monoisotopic (exact) mass is 545 g/mol. The highest BCUT2D eigenvalue weighted by Crippen LogP contribution is 2.36. The Morgan fingerprint density at radius 2 is 1.87 bits per heavy atom. The first-order valence-corrected chi connectivity index (χ1v) is 13.7. The molecule has 1 aliphatic rings. The van der Waals surface area contributed by atoms with Gasteiger partial charge in [-0.15, -0.1) is 0 Å². The number of ether oxygens (including phenoxy) is 3. The fourth-order valence-corrected chi connectivity index (χ4v) is 5.87. The Labute approximate surface area is 229 Å². The number of esters is 1. The summed E-state index contributed by atoms with van der Waals surface area (Å²) < 4.78 is 18.8. The van der Waals surface area contributed by atoms with Crippen LogP contribution in [0, 0.1) is 6.92 Å². The number of rotatable bonds is 9. The van der Waals surface area contributed by atoms with Crippen molar-refractivity contribution >= 4 is 34.3 Å². The highest BCUT2D eigenvalue weighted by Gasteiger charge is 2.35. The van der Waals surface area contributed by atoms with E-state index in [0.29, 0.717) is 38.5 Å². The first-order valence-electron chi connectivity index (χ1n) is 12.9. The number of nitrogens with one attached hydrogen (secondary N) is 1. The van der Waals surface area contributed by atoms with E-state index in [1.165, 1.54) is 11.3 Å². The van der Waals surface area contributed by atoms with Crippen LogP contribution in [0.2, 0.25) is 0 Å². The van der Waals surface area contributed by atoms with E-state index >= 15 is 0 Å². The third kappa shape index (κ3) is 5.07. The normalized spacial score (nSPS) is 15.4. The molecule has 39 heavy (non-hydrogen) atoms. The van der Waals surface area contributed by atoms with E-state index in [1.54, 1.807) is 18.6 Å². The Bertz CT molecular complexity index is 1740. The number of benzene rings is 2. The number of aromatic nitrogens is 2. The van der Waals surface area contributed by atoms with Gasteiger partial charge in [-0.3, -0.25) is 9.36 Å². The minimum atomic E-state index is -0.754. The van der Waals surface area contributed by atoms with Gasteiger partial charge < -0.3 is 19.2 Å². The van der Waals surface area contributed by atoms with Gasteiger partial charge in [0, 0.05) is 34.8 Å². The predicted octanol–water partition coefficient (Wildman–Crippen LogP) is 4.00. The number of aromatic amines is 1. The van der Waals surface area contributed by atoms with Gasteiger partial charge in [0.25, 0.3) is 5.56 Å². The Balaban J connectivity index is 1.72. The van der Waals surface area contributed by atoms with Gasteiger partial charge in [-0.1, -0.05) is 54.7 Å². The summed E-state index contributed by atoms with van der Waals surface area (Å²) in [5, 5.41) is 1.04. The average molecular weight is 546 g/mol. The number of hydrogen-bond donors (Lipinski definition) is 1. The number of H-pyrrole nitrogens is 1. The Kier molecular flexibility index (Phi) is 7.81. The molecule has 8 nitrogen and oxygen atoms in total. The van der Waals surface area contributed by atoms with Gasteiger partial charge in [-0.2, -0.15) is 0 Å². The average Bonchev–Trinajstić information content (AvgIpc) is 3.42. The zero-order valence-corrected chi connectivity index (χ0v) is 23.3. The van der Waals surface area contributed by atoms with Gasteiger partial charge in [0.05, 0.1) is 29.0 Å². The molecule has 3 heterocycles. The highest BCUT2D eigenvalue weighted by molar-refractivity contribution is 7.07. The SMILES string of the molecule is CCCOc1ccccc1[C@H]1C(C(=O)OCCOC)=C(C)N=c2s/c(=C/c3c(C)[nH]c4ccccc34)c(=O)n21. The van der Waals surface area contributed by atoms with Crippen LogP contribution in [0.4, 0.5) is 0 Å². The number of nitrogens with zero attached hydrogens (tertiary/aromatic N) is 2. The van der Waals surface area contributed by atoms with Crippen LogP contribution in [-0.2, 0) is 14.3 Å². The number of carbonyl (C=O) groups is 1. The van der Waals surface area contributed by atoms with E-state index in [4.69, 9.17) is 19.2 Å². The summed E-state index contributed by atoms with van der Waals surface area (Å²) in [5.74, 6) is 0.0774. The molecule has 0 amide bonds. The van der Waals surface area contributed by atoms with E-state index in [-0.39, 0.29) is 18.8 Å². The molecular formula is C30H31N3O5S. The summed E-state index contributed by atoms with van der Waals surface area (Å²) in [7, 11) is 1.54. The van der Waals surface area contributed by atoms with Crippen LogP contribution in [0.15, 0.2) is 69.6 Å². The minimum absolute atomic E-state index is 0.0943. The van der Waals surface area contributed by atoms with Crippen molar-refractivity contribution in [2.75, 3.05) is 26.9 Å². The lowest BCUT2D eigenvalue weighted by Crippen LogP contribution is -2.40. The first kappa shape index (κ1) is 26.6. The number of carbonyl (C=O) groups excluding carboxylic acids is 1. The summed E-state index contributed by atoms with van der Waals surface area (Å²) in [6.07, 6.45) is 2.73. The quantitative estimate of drug-likeness (QED) is 0.253. The van der Waals surface area contributed by atoms with Crippen molar-refractivity contribution in [3.8, 4) is 5.75 Å². The van der Waals surface area contributed by atoms with Gasteiger partial charge in [-0.25, -0.2) is 9.79 Å². The molecule has 1 aliphatic heterocycles. The molecule has 0 unspecified atom stereocenters. The van der Waals surface area contributed by atoms with E-state index in [0.717, 1.165) is 28.6 Å². The van der Waals surface area contributed by atoms with Crippen LogP contribution < -0.4 is 19.6 Å². The van der Waals surface area contributed by atoms with E-state index in [2.05, 4.69) is 4.98 Å². The molecule has 5 rings (SSSR count). The molecule has 0 fully saturated rings. The third-order valence-electron chi connectivity index (χ3n) is 6.66. The smallest absolute Gasteiger partial charge is 0.338 e. The number of methoxy groups -OCH3 is 1. The van der Waals surface area contributed by atoms with Crippen molar-refractivity contribution in [3.05, 3.63) is 96.3 Å². The summed E-state index contributed by atoms with van der Waals surface area (Å²) in [4.78, 5) is 36.1. The maximum atomic E-state index is 14.1. The number of hydrogen-bond acceptors (Lipinski definition) is 7. The molecule has 0 aliphatic carbocycles. The molecule has 0 spiro atoms. The molecular weight excluding hydrogens is 514 g/mol. The van der Waals surface area contributed by atoms with Gasteiger partial charge in [0.2, 0.25) is 0 Å². The first-order chi connectivity index (χ1) is 18.9. The zero-order chi connectivity index (χ0) is 27.5. The van der Waals surface area contributed by atoms with Crippen molar-refractivity contribution in [1.82, 2.24) is 9.55 Å². The molecule has 0 radical (unpaired) electrons. The second-order valence-corrected chi connectivity index (χ2v) is 10.3. The Morgan fingerprint density at radius 3 is 2.67 bits per heavy atom. The van der Waals surface area contributed by atoms with E-state index in [9.17, 15) is 9.59 Å². The van der Waals surface area contributed by atoms with Crippen LogP contribution in [0.5, 0.6) is 5.75 Å². The molecule has 4 aromatic rings. The van der Waals surface area contributed by atoms with Crippen molar-refractivity contribution < 1.29 is 19.0 Å². The maximum Gasteiger partial charge on any atom is 0.338 e. The van der Waals surface area contributed by atoms with Crippen LogP contribution in [0.25, 0.3) is 17.0 Å². The molecule has 0 saturated heterocycles. The molecule has 2 aromatic carbocycles. The second kappa shape index (κ2) is 11.4. The molecule has 9 heteroatoms. The lowest BCUT2D eigenvalue weighted by molar-refractivity contribution is -0.140. The number of thiazole rings is 1. The number of para-hydroxylation sites is 2. The van der Waals surface area contributed by atoms with Crippen molar-refractivity contribution in [1.29, 1.82) is 0 Å². The summed E-state index contributed by atoms with van der Waals surface area (Å²) in [5.41, 5.74) is 4.21. The highest BCUT2D eigenvalue weighted by atomic mass is 32.1. The summed E-state index contributed by atoms with van der Waals surface area (Å²) in [6.45, 7) is 6.66. The summed E-state index contributed by atoms with van der Waals surface area (Å²) in [6, 6.07) is 14.8. The molecule has 0 saturated carbocycles. The van der Waals surface area contributed by atoms with Crippen molar-refractivity contribution in [3.63, 3.8) is 0 Å². The van der Waals surface area contributed by atoms with Crippen LogP contribution in [0.3, 0.4) is 0 Å². The van der Waals surface area contributed by atoms with E-state index < -0.39 is 12.0 Å². The molecule has 1 N–H and O–H groups in total. The van der Waals surface area contributed by atoms with Crippen molar-refractivity contribution in [2.24, 2.45) is 4.99 Å². The minimum Gasteiger partial charge on any atom is -0.493 e. The van der Waals surface area contributed by atoms with Crippen LogP contribution >= 0.6 is 11.3 Å². The van der Waals surface area contributed by atoms with Crippen LogP contribution in [-0.4, -0.2) is 42.5 Å². The fraction of sp³-hybridized carbons (Fsp3) is 0.300. The summed E-state index contributed by atoms with van der Waals surface area (Å²) >= 11 is 1.31. The molecule has 202 valence electrons. The molecule has 1 atom stereocenters. The van der Waals surface area contributed by atoms with Gasteiger partial charge in [-0.05, 0) is 38.5 Å². The lowest BCUT2D eigenvalue weighted by Gasteiger charge is -2.26. The number of allylic oxidation sites excluding steroid dienone is 1. The Morgan fingerprint density at radius 1 is 1.10 bits per heavy atom.